The lowest BCUT2D eigenvalue weighted by atomic mass is 9.91. The monoisotopic (exact) mass is 309 g/mol. The van der Waals surface area contributed by atoms with Gasteiger partial charge in [-0.3, -0.25) is 5.32 Å². The molecule has 1 N–H and O–H groups in total. The lowest BCUT2D eigenvalue weighted by Gasteiger charge is -2.32. The highest BCUT2D eigenvalue weighted by molar-refractivity contribution is 7.99. The summed E-state index contributed by atoms with van der Waals surface area (Å²) >= 11 is 1.79. The SMILES string of the molecule is CCNC(CSCC(C)C)(C(=O)OCC)c1ccccc1. The lowest BCUT2D eigenvalue weighted by molar-refractivity contribution is -0.150. The molecule has 0 amide bonds. The summed E-state index contributed by atoms with van der Waals surface area (Å²) < 4.78 is 5.36. The summed E-state index contributed by atoms with van der Waals surface area (Å²) in [5.74, 6) is 2.13. The fourth-order valence-electron chi connectivity index (χ4n) is 2.21. The Labute approximate surface area is 132 Å². The second kappa shape index (κ2) is 9.11. The molecule has 0 aliphatic rings. The van der Waals surface area contributed by atoms with Gasteiger partial charge in [0.25, 0.3) is 0 Å². The molecule has 1 atom stereocenters. The van der Waals surface area contributed by atoms with E-state index in [4.69, 9.17) is 4.74 Å². The number of hydrogen-bond acceptors (Lipinski definition) is 4. The van der Waals surface area contributed by atoms with Gasteiger partial charge in [-0.1, -0.05) is 51.1 Å². The van der Waals surface area contributed by atoms with Crippen molar-refractivity contribution in [3.8, 4) is 0 Å². The Kier molecular flexibility index (Phi) is 7.83. The van der Waals surface area contributed by atoms with Crippen LogP contribution in [0.15, 0.2) is 30.3 Å². The summed E-state index contributed by atoms with van der Waals surface area (Å²) in [5.41, 5.74) is 0.215. The van der Waals surface area contributed by atoms with Crippen LogP contribution in [0.2, 0.25) is 0 Å². The van der Waals surface area contributed by atoms with Crippen molar-refractivity contribution in [2.75, 3.05) is 24.7 Å². The van der Waals surface area contributed by atoms with E-state index in [0.29, 0.717) is 18.3 Å². The molecule has 0 aromatic heterocycles. The van der Waals surface area contributed by atoms with Crippen molar-refractivity contribution in [2.24, 2.45) is 5.92 Å². The number of carbonyl (C=O) groups excluding carboxylic acids is 1. The first-order valence-corrected chi connectivity index (χ1v) is 8.77. The van der Waals surface area contributed by atoms with Crippen LogP contribution in [0.4, 0.5) is 0 Å². The van der Waals surface area contributed by atoms with Crippen molar-refractivity contribution in [3.05, 3.63) is 35.9 Å². The van der Waals surface area contributed by atoms with E-state index in [1.54, 1.807) is 11.8 Å². The van der Waals surface area contributed by atoms with Crippen LogP contribution >= 0.6 is 11.8 Å². The number of nitrogens with one attached hydrogen (secondary N) is 1. The Morgan fingerprint density at radius 1 is 1.29 bits per heavy atom. The van der Waals surface area contributed by atoms with Gasteiger partial charge < -0.3 is 4.74 Å². The van der Waals surface area contributed by atoms with Crippen molar-refractivity contribution in [2.45, 2.75) is 33.2 Å². The van der Waals surface area contributed by atoms with Crippen LogP contribution in [-0.2, 0) is 15.1 Å². The number of benzene rings is 1. The molecule has 0 aliphatic heterocycles. The molecule has 1 aromatic rings. The van der Waals surface area contributed by atoms with Gasteiger partial charge in [0.1, 0.15) is 0 Å². The van der Waals surface area contributed by atoms with E-state index in [1.165, 1.54) is 0 Å². The van der Waals surface area contributed by atoms with Crippen molar-refractivity contribution in [1.29, 1.82) is 0 Å². The third kappa shape index (κ3) is 5.04. The van der Waals surface area contributed by atoms with Crippen LogP contribution in [0, 0.1) is 5.92 Å². The van der Waals surface area contributed by atoms with Gasteiger partial charge in [-0.05, 0) is 30.7 Å². The molecule has 0 saturated heterocycles. The zero-order chi connectivity index (χ0) is 15.7. The maximum absolute atomic E-state index is 12.6. The van der Waals surface area contributed by atoms with Gasteiger partial charge in [-0.2, -0.15) is 11.8 Å². The fraction of sp³-hybridized carbons (Fsp3) is 0.588. The van der Waals surface area contributed by atoms with Gasteiger partial charge in [-0.25, -0.2) is 4.79 Å². The number of likely N-dealkylation sites (N-methyl/N-ethyl adjacent to an activating group) is 1. The molecule has 0 saturated carbocycles. The summed E-state index contributed by atoms with van der Waals surface area (Å²) in [6.07, 6.45) is 0. The smallest absolute Gasteiger partial charge is 0.331 e. The molecular formula is C17H27NO2S. The molecule has 1 aromatic carbocycles. The molecule has 1 unspecified atom stereocenters. The molecular weight excluding hydrogens is 282 g/mol. The summed E-state index contributed by atoms with van der Waals surface area (Å²) in [6, 6.07) is 9.89. The molecule has 21 heavy (non-hydrogen) atoms. The van der Waals surface area contributed by atoms with E-state index in [1.807, 2.05) is 44.2 Å². The molecule has 0 spiro atoms. The number of carbonyl (C=O) groups is 1. The number of rotatable bonds is 9. The van der Waals surface area contributed by atoms with Gasteiger partial charge in [0.05, 0.1) is 6.61 Å². The number of esters is 1. The van der Waals surface area contributed by atoms with E-state index in [-0.39, 0.29) is 5.97 Å². The standard InChI is InChI=1S/C17H27NO2S/c1-5-18-17(16(19)20-6-2,13-21-12-14(3)4)15-10-8-7-9-11-15/h7-11,14,18H,5-6,12-13H2,1-4H3. The van der Waals surface area contributed by atoms with Crippen LogP contribution in [-0.4, -0.2) is 30.6 Å². The normalized spacial score (nSPS) is 14.0. The van der Waals surface area contributed by atoms with Gasteiger partial charge >= 0.3 is 5.97 Å². The molecule has 0 heterocycles. The first kappa shape index (κ1) is 18.1. The minimum atomic E-state index is -0.758. The van der Waals surface area contributed by atoms with Crippen LogP contribution in [0.5, 0.6) is 0 Å². The van der Waals surface area contributed by atoms with Crippen LogP contribution in [0.3, 0.4) is 0 Å². The van der Waals surface area contributed by atoms with Crippen molar-refractivity contribution in [1.82, 2.24) is 5.32 Å². The third-order valence-corrected chi connectivity index (χ3v) is 4.68. The zero-order valence-electron chi connectivity index (χ0n) is 13.5. The molecule has 0 aliphatic carbocycles. The molecule has 0 radical (unpaired) electrons. The molecule has 4 heteroatoms. The summed E-state index contributed by atoms with van der Waals surface area (Å²) in [6.45, 7) is 9.36. The Bertz CT molecular complexity index is 422. The second-order valence-corrected chi connectivity index (χ2v) is 6.46. The molecule has 0 bridgehead atoms. The molecule has 3 nitrogen and oxygen atoms in total. The largest absolute Gasteiger partial charge is 0.464 e. The molecule has 118 valence electrons. The van der Waals surface area contributed by atoms with Crippen LogP contribution in [0.1, 0.15) is 33.3 Å². The van der Waals surface area contributed by atoms with E-state index in [9.17, 15) is 4.79 Å². The highest BCUT2D eigenvalue weighted by Crippen LogP contribution is 2.28. The molecule has 0 fully saturated rings. The quantitative estimate of drug-likeness (QED) is 0.709. The Morgan fingerprint density at radius 2 is 1.95 bits per heavy atom. The topological polar surface area (TPSA) is 38.3 Å². The zero-order valence-corrected chi connectivity index (χ0v) is 14.3. The highest BCUT2D eigenvalue weighted by atomic mass is 32.2. The second-order valence-electron chi connectivity index (χ2n) is 5.43. The minimum Gasteiger partial charge on any atom is -0.464 e. The number of hydrogen-bond donors (Lipinski definition) is 1. The first-order valence-electron chi connectivity index (χ1n) is 7.62. The lowest BCUT2D eigenvalue weighted by Crippen LogP contribution is -2.52. The Morgan fingerprint density at radius 3 is 2.48 bits per heavy atom. The van der Waals surface area contributed by atoms with Crippen LogP contribution in [0.25, 0.3) is 0 Å². The minimum absolute atomic E-state index is 0.186. The maximum Gasteiger partial charge on any atom is 0.331 e. The third-order valence-electron chi connectivity index (χ3n) is 3.14. The number of thioether (sulfide) groups is 1. The predicted octanol–water partition coefficient (Wildman–Crippen LogP) is 3.44. The summed E-state index contributed by atoms with van der Waals surface area (Å²) in [7, 11) is 0. The number of ether oxygens (including phenoxy) is 1. The van der Waals surface area contributed by atoms with Gasteiger partial charge in [0, 0.05) is 5.75 Å². The van der Waals surface area contributed by atoms with E-state index in [0.717, 1.165) is 17.9 Å². The van der Waals surface area contributed by atoms with E-state index >= 15 is 0 Å². The Hall–Kier alpha value is -1.00. The van der Waals surface area contributed by atoms with Gasteiger partial charge in [0.15, 0.2) is 5.54 Å². The summed E-state index contributed by atoms with van der Waals surface area (Å²) in [5, 5.41) is 3.38. The van der Waals surface area contributed by atoms with Crippen LogP contribution < -0.4 is 5.32 Å². The average molecular weight is 309 g/mol. The summed E-state index contributed by atoms with van der Waals surface area (Å²) in [4.78, 5) is 12.6. The maximum atomic E-state index is 12.6. The fourth-order valence-corrected chi connectivity index (χ4v) is 3.49. The van der Waals surface area contributed by atoms with E-state index in [2.05, 4.69) is 19.2 Å². The van der Waals surface area contributed by atoms with Crippen molar-refractivity contribution in [3.63, 3.8) is 0 Å². The van der Waals surface area contributed by atoms with Crippen molar-refractivity contribution >= 4 is 17.7 Å². The highest BCUT2D eigenvalue weighted by Gasteiger charge is 2.40. The molecule has 1 rings (SSSR count). The van der Waals surface area contributed by atoms with E-state index < -0.39 is 5.54 Å². The average Bonchev–Trinajstić information content (AvgIpc) is 2.47. The first-order chi connectivity index (χ1) is 10.1. The van der Waals surface area contributed by atoms with Gasteiger partial charge in [-0.15, -0.1) is 0 Å². The predicted molar refractivity (Wildman–Crippen MR) is 90.6 cm³/mol. The van der Waals surface area contributed by atoms with Gasteiger partial charge in [0.2, 0.25) is 0 Å². The Balaban J connectivity index is 3.06. The van der Waals surface area contributed by atoms with Crippen molar-refractivity contribution < 1.29 is 9.53 Å².